The van der Waals surface area contributed by atoms with E-state index in [0.29, 0.717) is 18.7 Å². The molecule has 0 unspecified atom stereocenters. The van der Waals surface area contributed by atoms with Gasteiger partial charge < -0.3 is 15.0 Å². The summed E-state index contributed by atoms with van der Waals surface area (Å²) in [6.07, 6.45) is 0.263. The van der Waals surface area contributed by atoms with Gasteiger partial charge in [-0.2, -0.15) is 0 Å². The molecule has 0 fully saturated rings. The van der Waals surface area contributed by atoms with Crippen molar-refractivity contribution >= 4 is 22.6 Å². The van der Waals surface area contributed by atoms with Crippen LogP contribution in [0.3, 0.4) is 0 Å². The van der Waals surface area contributed by atoms with E-state index in [1.807, 2.05) is 55.5 Å². The number of benzene rings is 3. The Bertz CT molecular complexity index is 1030. The third-order valence-electron chi connectivity index (χ3n) is 4.86. The van der Waals surface area contributed by atoms with Gasteiger partial charge >= 0.3 is 0 Å². The first-order valence-electron chi connectivity index (χ1n) is 9.62. The molecule has 0 heterocycles. The van der Waals surface area contributed by atoms with Crippen molar-refractivity contribution in [1.29, 1.82) is 0 Å². The number of hydrogen-bond acceptors (Lipinski definition) is 3. The molecule has 0 saturated heterocycles. The number of carbonyl (C=O) groups is 2. The van der Waals surface area contributed by atoms with E-state index in [2.05, 4.69) is 11.4 Å². The second kappa shape index (κ2) is 9.24. The van der Waals surface area contributed by atoms with Gasteiger partial charge in [-0.3, -0.25) is 9.59 Å². The molecule has 0 aliphatic heterocycles. The van der Waals surface area contributed by atoms with Crippen molar-refractivity contribution in [3.05, 3.63) is 77.4 Å². The van der Waals surface area contributed by atoms with Crippen molar-refractivity contribution in [1.82, 2.24) is 10.2 Å². The highest BCUT2D eigenvalue weighted by atomic mass is 16.5. The fraction of sp³-hybridized carbons (Fsp3) is 0.250. The van der Waals surface area contributed by atoms with Crippen molar-refractivity contribution < 1.29 is 14.3 Å². The van der Waals surface area contributed by atoms with Gasteiger partial charge in [-0.25, -0.2) is 0 Å². The maximum Gasteiger partial charge on any atom is 0.251 e. The van der Waals surface area contributed by atoms with E-state index in [1.54, 1.807) is 25.1 Å². The molecule has 0 aromatic heterocycles. The summed E-state index contributed by atoms with van der Waals surface area (Å²) >= 11 is 0. The predicted molar refractivity (Wildman–Crippen MR) is 115 cm³/mol. The average Bonchev–Trinajstić information content (AvgIpc) is 2.73. The molecule has 5 heteroatoms. The van der Waals surface area contributed by atoms with Crippen molar-refractivity contribution in [2.45, 2.75) is 19.9 Å². The van der Waals surface area contributed by atoms with E-state index < -0.39 is 0 Å². The van der Waals surface area contributed by atoms with E-state index in [9.17, 15) is 9.59 Å². The first-order valence-corrected chi connectivity index (χ1v) is 9.62. The van der Waals surface area contributed by atoms with Crippen molar-refractivity contribution in [3.8, 4) is 5.75 Å². The number of amides is 2. The summed E-state index contributed by atoms with van der Waals surface area (Å²) in [5, 5.41) is 5.02. The molecule has 0 aliphatic rings. The van der Waals surface area contributed by atoms with Crippen molar-refractivity contribution in [3.63, 3.8) is 0 Å². The molecule has 0 atom stereocenters. The Balaban J connectivity index is 1.52. The number of hydrogen-bond donors (Lipinski definition) is 1. The summed E-state index contributed by atoms with van der Waals surface area (Å²) < 4.78 is 5.25. The van der Waals surface area contributed by atoms with Crippen LogP contribution in [0.2, 0.25) is 0 Å². The number of methoxy groups -OCH3 is 1. The fourth-order valence-corrected chi connectivity index (χ4v) is 3.22. The number of rotatable bonds is 7. The maximum atomic E-state index is 12.4. The first-order chi connectivity index (χ1) is 14.0. The molecule has 5 nitrogen and oxygen atoms in total. The Morgan fingerprint density at radius 1 is 1.00 bits per heavy atom. The lowest BCUT2D eigenvalue weighted by molar-refractivity contribution is -0.130. The Hall–Kier alpha value is -3.34. The van der Waals surface area contributed by atoms with E-state index >= 15 is 0 Å². The summed E-state index contributed by atoms with van der Waals surface area (Å²) in [7, 11) is 3.43. The van der Waals surface area contributed by atoms with Crippen LogP contribution in [0.4, 0.5) is 0 Å². The zero-order valence-corrected chi connectivity index (χ0v) is 17.1. The minimum absolute atomic E-state index is 0.00984. The normalized spacial score (nSPS) is 10.6. The Morgan fingerprint density at radius 3 is 2.52 bits per heavy atom. The van der Waals surface area contributed by atoms with Crippen LogP contribution in [0.5, 0.6) is 5.75 Å². The number of aryl methyl sites for hydroxylation is 1. The molecule has 3 aromatic rings. The van der Waals surface area contributed by atoms with Gasteiger partial charge in [-0.1, -0.05) is 35.9 Å². The largest absolute Gasteiger partial charge is 0.497 e. The maximum absolute atomic E-state index is 12.4. The molecule has 150 valence electrons. The van der Waals surface area contributed by atoms with Crippen LogP contribution >= 0.6 is 0 Å². The third-order valence-corrected chi connectivity index (χ3v) is 4.86. The second-order valence-corrected chi connectivity index (χ2v) is 7.17. The molecule has 0 spiro atoms. The zero-order valence-electron chi connectivity index (χ0n) is 17.1. The smallest absolute Gasteiger partial charge is 0.251 e. The van der Waals surface area contributed by atoms with Crippen LogP contribution in [-0.4, -0.2) is 37.4 Å². The summed E-state index contributed by atoms with van der Waals surface area (Å²) in [6.45, 7) is 2.78. The van der Waals surface area contributed by atoms with Gasteiger partial charge in [0.05, 0.1) is 7.11 Å². The predicted octanol–water partition coefficient (Wildman–Crippen LogP) is 3.94. The molecule has 0 saturated carbocycles. The van der Waals surface area contributed by atoms with Crippen LogP contribution in [0, 0.1) is 6.92 Å². The van der Waals surface area contributed by atoms with Crippen LogP contribution in [0.1, 0.15) is 27.9 Å². The van der Waals surface area contributed by atoms with Crippen LogP contribution in [0.25, 0.3) is 10.8 Å². The number of nitrogens with zero attached hydrogens (tertiary/aromatic N) is 1. The standard InChI is InChI=1S/C24H26N2O3/c1-17-5-4-6-21(13-17)24(28)25-12-11-23(27)26(2)16-18-7-8-20-15-22(29-3)10-9-19(20)14-18/h4-10,13-15H,11-12,16H2,1-3H3,(H,25,28). The summed E-state index contributed by atoms with van der Waals surface area (Å²) in [5.41, 5.74) is 2.70. The Labute approximate surface area is 171 Å². The monoisotopic (exact) mass is 390 g/mol. The Morgan fingerprint density at radius 2 is 1.76 bits per heavy atom. The van der Waals surface area contributed by atoms with Gasteiger partial charge in [0.2, 0.25) is 5.91 Å². The Kier molecular flexibility index (Phi) is 6.50. The summed E-state index contributed by atoms with van der Waals surface area (Å²) in [5.74, 6) is 0.656. The molecule has 0 radical (unpaired) electrons. The van der Waals surface area contributed by atoms with Crippen molar-refractivity contribution in [2.24, 2.45) is 0 Å². The summed E-state index contributed by atoms with van der Waals surface area (Å²) in [6, 6.07) is 19.5. The minimum atomic E-state index is -0.158. The second-order valence-electron chi connectivity index (χ2n) is 7.17. The van der Waals surface area contributed by atoms with Crippen molar-refractivity contribution in [2.75, 3.05) is 20.7 Å². The number of ether oxygens (including phenoxy) is 1. The number of nitrogens with one attached hydrogen (secondary N) is 1. The first kappa shape index (κ1) is 20.4. The van der Waals surface area contributed by atoms with Crippen LogP contribution in [-0.2, 0) is 11.3 Å². The molecule has 2 amide bonds. The number of carbonyl (C=O) groups excluding carboxylic acids is 2. The lowest BCUT2D eigenvalue weighted by atomic mass is 10.1. The quantitative estimate of drug-likeness (QED) is 0.665. The van der Waals surface area contributed by atoms with Crippen LogP contribution < -0.4 is 10.1 Å². The molecule has 0 bridgehead atoms. The molecule has 0 aliphatic carbocycles. The highest BCUT2D eigenvalue weighted by Crippen LogP contribution is 2.22. The topological polar surface area (TPSA) is 58.6 Å². The zero-order chi connectivity index (χ0) is 20.8. The van der Waals surface area contributed by atoms with Gasteiger partial charge in [0.15, 0.2) is 0 Å². The van der Waals surface area contributed by atoms with Gasteiger partial charge in [-0.15, -0.1) is 0 Å². The molecular weight excluding hydrogens is 364 g/mol. The van der Waals surface area contributed by atoms with Crippen LogP contribution in [0.15, 0.2) is 60.7 Å². The summed E-state index contributed by atoms with van der Waals surface area (Å²) in [4.78, 5) is 26.3. The van der Waals surface area contributed by atoms with Gasteiger partial charge in [0.1, 0.15) is 5.75 Å². The highest BCUT2D eigenvalue weighted by molar-refractivity contribution is 5.94. The fourth-order valence-electron chi connectivity index (χ4n) is 3.22. The lowest BCUT2D eigenvalue weighted by Crippen LogP contribution is -2.31. The van der Waals surface area contributed by atoms with E-state index in [-0.39, 0.29) is 18.2 Å². The molecule has 29 heavy (non-hydrogen) atoms. The SMILES string of the molecule is COc1ccc2cc(CN(C)C(=O)CCNC(=O)c3cccc(C)c3)ccc2c1. The lowest BCUT2D eigenvalue weighted by Gasteiger charge is -2.18. The molecule has 1 N–H and O–H groups in total. The highest BCUT2D eigenvalue weighted by Gasteiger charge is 2.11. The van der Waals surface area contributed by atoms with E-state index in [1.165, 1.54) is 0 Å². The average molecular weight is 390 g/mol. The molecule has 3 rings (SSSR count). The van der Waals surface area contributed by atoms with Gasteiger partial charge in [-0.05, 0) is 53.6 Å². The van der Waals surface area contributed by atoms with Gasteiger partial charge in [0.25, 0.3) is 5.91 Å². The van der Waals surface area contributed by atoms with E-state index in [4.69, 9.17) is 4.74 Å². The van der Waals surface area contributed by atoms with E-state index in [0.717, 1.165) is 27.6 Å². The minimum Gasteiger partial charge on any atom is -0.497 e. The number of fused-ring (bicyclic) bond motifs is 1. The van der Waals surface area contributed by atoms with Gasteiger partial charge in [0, 0.05) is 32.1 Å². The molecular formula is C24H26N2O3. The molecule has 3 aromatic carbocycles. The third kappa shape index (κ3) is 5.35.